The maximum atomic E-state index is 7.51. The molecule has 0 saturated carbocycles. The largest absolute Gasteiger partial charge is 0.370 e. The quantitative estimate of drug-likeness (QED) is 0.540. The molecule has 16 heavy (non-hydrogen) atoms. The van der Waals surface area contributed by atoms with Crippen LogP contribution in [-0.4, -0.2) is 11.1 Å². The molecule has 1 aromatic carbocycles. The molecule has 5 heteroatoms. The lowest BCUT2D eigenvalue weighted by atomic mass is 10.1. The fourth-order valence-corrected chi connectivity index (χ4v) is 2.02. The first-order valence-corrected chi connectivity index (χ1v) is 5.84. The third-order valence-corrected chi connectivity index (χ3v) is 2.92. The molecule has 0 heterocycles. The Hall–Kier alpha value is -1.49. The average molecular weight is 236 g/mol. The standard InChI is InChI=1S/C11H16N4S/c1-7-3-4-8(2)9(5-7)6-16-11(14)15-10(12)13/h3-5H,6H2,1-2H3,(H5,12,13,14,15). The zero-order valence-corrected chi connectivity index (χ0v) is 10.3. The summed E-state index contributed by atoms with van der Waals surface area (Å²) in [5, 5.41) is 7.65. The Morgan fingerprint density at radius 1 is 1.38 bits per heavy atom. The summed E-state index contributed by atoms with van der Waals surface area (Å²) in [7, 11) is 0. The fraction of sp³-hybridized carbons (Fsp3) is 0.273. The Kier molecular flexibility index (Phi) is 4.37. The number of aliphatic imine (C=N–C) groups is 1. The number of nitrogens with zero attached hydrogens (tertiary/aromatic N) is 1. The van der Waals surface area contributed by atoms with Crippen LogP contribution in [0.2, 0.25) is 0 Å². The lowest BCUT2D eigenvalue weighted by molar-refractivity contribution is 1.28. The van der Waals surface area contributed by atoms with Crippen LogP contribution in [0.25, 0.3) is 0 Å². The molecular weight excluding hydrogens is 220 g/mol. The Labute approximate surface area is 99.6 Å². The van der Waals surface area contributed by atoms with Gasteiger partial charge in [-0.05, 0) is 25.0 Å². The van der Waals surface area contributed by atoms with Gasteiger partial charge in [0.25, 0.3) is 0 Å². The van der Waals surface area contributed by atoms with E-state index in [-0.39, 0.29) is 11.1 Å². The number of nitrogens with two attached hydrogens (primary N) is 2. The predicted octanol–water partition coefficient (Wildman–Crippen LogP) is 1.74. The van der Waals surface area contributed by atoms with Crippen molar-refractivity contribution >= 4 is 22.9 Å². The molecule has 0 aliphatic rings. The molecule has 0 aliphatic carbocycles. The summed E-state index contributed by atoms with van der Waals surface area (Å²) in [6.07, 6.45) is 0. The average Bonchev–Trinajstić information content (AvgIpc) is 2.18. The molecule has 0 atom stereocenters. The minimum atomic E-state index is -0.0709. The van der Waals surface area contributed by atoms with Gasteiger partial charge in [0, 0.05) is 5.75 Å². The molecule has 0 radical (unpaired) electrons. The molecule has 86 valence electrons. The highest BCUT2D eigenvalue weighted by Gasteiger charge is 2.02. The Bertz CT molecular complexity index is 422. The van der Waals surface area contributed by atoms with Gasteiger partial charge in [-0.15, -0.1) is 0 Å². The second-order valence-electron chi connectivity index (χ2n) is 3.56. The van der Waals surface area contributed by atoms with Gasteiger partial charge in [0.15, 0.2) is 11.1 Å². The summed E-state index contributed by atoms with van der Waals surface area (Å²) in [4.78, 5) is 3.66. The van der Waals surface area contributed by atoms with E-state index >= 15 is 0 Å². The van der Waals surface area contributed by atoms with Crippen molar-refractivity contribution in [2.45, 2.75) is 19.6 Å². The zero-order chi connectivity index (χ0) is 12.1. The molecule has 5 N–H and O–H groups in total. The summed E-state index contributed by atoms with van der Waals surface area (Å²) in [5.74, 6) is 0.641. The number of benzene rings is 1. The van der Waals surface area contributed by atoms with Crippen LogP contribution in [0.1, 0.15) is 16.7 Å². The minimum absolute atomic E-state index is 0.0709. The van der Waals surface area contributed by atoms with E-state index in [1.54, 1.807) is 0 Å². The van der Waals surface area contributed by atoms with Crippen molar-refractivity contribution in [2.75, 3.05) is 0 Å². The molecule has 0 fully saturated rings. The van der Waals surface area contributed by atoms with Crippen LogP contribution in [0, 0.1) is 19.3 Å². The Morgan fingerprint density at radius 3 is 2.69 bits per heavy atom. The van der Waals surface area contributed by atoms with E-state index in [1.807, 2.05) is 0 Å². The van der Waals surface area contributed by atoms with Gasteiger partial charge in [-0.25, -0.2) is 0 Å². The molecule has 0 aromatic heterocycles. The van der Waals surface area contributed by atoms with E-state index in [1.165, 1.54) is 28.5 Å². The first-order valence-electron chi connectivity index (χ1n) is 4.86. The molecule has 0 unspecified atom stereocenters. The van der Waals surface area contributed by atoms with Crippen molar-refractivity contribution < 1.29 is 0 Å². The van der Waals surface area contributed by atoms with Gasteiger partial charge in [-0.2, -0.15) is 4.99 Å². The minimum Gasteiger partial charge on any atom is -0.370 e. The molecule has 0 spiro atoms. The SMILES string of the molecule is Cc1ccc(C)c(CSC(=N)N=C(N)N)c1. The Balaban J connectivity index is 2.64. The maximum absolute atomic E-state index is 7.51. The van der Waals surface area contributed by atoms with Gasteiger partial charge in [-0.1, -0.05) is 35.5 Å². The summed E-state index contributed by atoms with van der Waals surface area (Å²) in [6, 6.07) is 6.27. The highest BCUT2D eigenvalue weighted by Crippen LogP contribution is 2.18. The number of guanidine groups is 1. The number of aryl methyl sites for hydroxylation is 2. The van der Waals surface area contributed by atoms with Crippen LogP contribution < -0.4 is 11.5 Å². The highest BCUT2D eigenvalue weighted by molar-refractivity contribution is 8.13. The number of hydrogen-bond donors (Lipinski definition) is 3. The molecule has 4 nitrogen and oxygen atoms in total. The third kappa shape index (κ3) is 3.94. The molecular formula is C11H16N4S. The van der Waals surface area contributed by atoms with Crippen LogP contribution >= 0.6 is 11.8 Å². The Morgan fingerprint density at radius 2 is 2.06 bits per heavy atom. The summed E-state index contributed by atoms with van der Waals surface area (Å²) in [6.45, 7) is 4.11. The summed E-state index contributed by atoms with van der Waals surface area (Å²) >= 11 is 1.32. The lowest BCUT2D eigenvalue weighted by Crippen LogP contribution is -2.23. The molecule has 0 aliphatic heterocycles. The number of rotatable bonds is 2. The van der Waals surface area contributed by atoms with E-state index in [9.17, 15) is 0 Å². The molecule has 0 saturated heterocycles. The zero-order valence-electron chi connectivity index (χ0n) is 9.45. The summed E-state index contributed by atoms with van der Waals surface area (Å²) < 4.78 is 0. The second kappa shape index (κ2) is 5.55. The third-order valence-electron chi connectivity index (χ3n) is 2.10. The lowest BCUT2D eigenvalue weighted by Gasteiger charge is -2.05. The van der Waals surface area contributed by atoms with Gasteiger partial charge in [0.1, 0.15) is 0 Å². The molecule has 1 rings (SSSR count). The number of hydrogen-bond acceptors (Lipinski definition) is 2. The fourth-order valence-electron chi connectivity index (χ4n) is 1.25. The van der Waals surface area contributed by atoms with Gasteiger partial charge in [0.05, 0.1) is 0 Å². The molecule has 0 bridgehead atoms. The topological polar surface area (TPSA) is 88.2 Å². The number of nitrogens with one attached hydrogen (secondary N) is 1. The second-order valence-corrected chi connectivity index (χ2v) is 4.52. The van der Waals surface area contributed by atoms with Gasteiger partial charge < -0.3 is 11.5 Å². The van der Waals surface area contributed by atoms with Crippen LogP contribution in [0.3, 0.4) is 0 Å². The number of amidine groups is 1. The van der Waals surface area contributed by atoms with Gasteiger partial charge in [0.2, 0.25) is 0 Å². The molecule has 0 amide bonds. The van der Waals surface area contributed by atoms with Crippen molar-refractivity contribution in [3.8, 4) is 0 Å². The van der Waals surface area contributed by atoms with Crippen molar-refractivity contribution in [3.05, 3.63) is 34.9 Å². The van der Waals surface area contributed by atoms with Crippen LogP contribution in [-0.2, 0) is 5.75 Å². The predicted molar refractivity (Wildman–Crippen MR) is 70.7 cm³/mol. The normalized spacial score (nSPS) is 9.88. The number of thioether (sulfide) groups is 1. The van der Waals surface area contributed by atoms with Crippen LogP contribution in [0.15, 0.2) is 23.2 Å². The van der Waals surface area contributed by atoms with Gasteiger partial charge >= 0.3 is 0 Å². The monoisotopic (exact) mass is 236 g/mol. The summed E-state index contributed by atoms with van der Waals surface area (Å²) in [5.41, 5.74) is 14.0. The van der Waals surface area contributed by atoms with Crippen molar-refractivity contribution in [1.29, 1.82) is 5.41 Å². The van der Waals surface area contributed by atoms with Crippen molar-refractivity contribution in [1.82, 2.24) is 0 Å². The first kappa shape index (κ1) is 12.6. The van der Waals surface area contributed by atoms with Gasteiger partial charge in [-0.3, -0.25) is 5.41 Å². The first-order chi connectivity index (χ1) is 7.49. The van der Waals surface area contributed by atoms with E-state index < -0.39 is 0 Å². The maximum Gasteiger partial charge on any atom is 0.193 e. The molecule has 1 aromatic rings. The van der Waals surface area contributed by atoms with E-state index in [4.69, 9.17) is 16.9 Å². The van der Waals surface area contributed by atoms with E-state index in [0.717, 1.165) is 0 Å². The van der Waals surface area contributed by atoms with Crippen molar-refractivity contribution in [3.63, 3.8) is 0 Å². The van der Waals surface area contributed by atoms with Crippen LogP contribution in [0.4, 0.5) is 0 Å². The van der Waals surface area contributed by atoms with E-state index in [2.05, 4.69) is 37.0 Å². The smallest absolute Gasteiger partial charge is 0.193 e. The van der Waals surface area contributed by atoms with Crippen LogP contribution in [0.5, 0.6) is 0 Å². The van der Waals surface area contributed by atoms with E-state index in [0.29, 0.717) is 5.75 Å². The highest BCUT2D eigenvalue weighted by atomic mass is 32.2. The van der Waals surface area contributed by atoms with Crippen molar-refractivity contribution in [2.24, 2.45) is 16.5 Å².